The van der Waals surface area contributed by atoms with E-state index in [2.05, 4.69) is 11.4 Å². The molecule has 0 bridgehead atoms. The Balaban J connectivity index is 2.14. The minimum absolute atomic E-state index is 0.282. The maximum Gasteiger partial charge on any atom is 0.149 e. The maximum atomic E-state index is 12.7. The third-order valence-corrected chi connectivity index (χ3v) is 3.05. The molecular weight excluding hydrogens is 223 g/mol. The molecule has 0 saturated heterocycles. The van der Waals surface area contributed by atoms with Crippen molar-refractivity contribution >= 4 is 17.0 Å². The van der Waals surface area contributed by atoms with Crippen molar-refractivity contribution in [2.45, 2.75) is 6.04 Å². The summed E-state index contributed by atoms with van der Waals surface area (Å²) in [6, 6.07) is 11.6. The second-order valence-electron chi connectivity index (χ2n) is 3.23. The monoisotopic (exact) mass is 232 g/mol. The summed E-state index contributed by atoms with van der Waals surface area (Å²) in [4.78, 5) is 0.951. The third kappa shape index (κ3) is 2.38. The zero-order chi connectivity index (χ0) is 11.4. The lowest BCUT2D eigenvalue weighted by Gasteiger charge is -2.10. The highest BCUT2D eigenvalue weighted by Gasteiger charge is 2.10. The van der Waals surface area contributed by atoms with Crippen molar-refractivity contribution in [2.75, 3.05) is 5.32 Å². The summed E-state index contributed by atoms with van der Waals surface area (Å²) in [6.07, 6.45) is 0. The zero-order valence-corrected chi connectivity index (χ0v) is 9.17. The van der Waals surface area contributed by atoms with Crippen LogP contribution in [0.5, 0.6) is 0 Å². The molecule has 2 rings (SSSR count). The van der Waals surface area contributed by atoms with Gasteiger partial charge in [0.1, 0.15) is 11.9 Å². The van der Waals surface area contributed by atoms with Gasteiger partial charge in [0.2, 0.25) is 0 Å². The first-order valence-corrected chi connectivity index (χ1v) is 5.62. The van der Waals surface area contributed by atoms with Crippen LogP contribution in [0.2, 0.25) is 0 Å². The van der Waals surface area contributed by atoms with Crippen molar-refractivity contribution in [1.29, 1.82) is 5.26 Å². The molecule has 1 heterocycles. The largest absolute Gasteiger partial charge is 0.366 e. The lowest BCUT2D eigenvalue weighted by Crippen LogP contribution is -2.06. The molecule has 1 atom stereocenters. The molecule has 0 radical (unpaired) electrons. The zero-order valence-electron chi connectivity index (χ0n) is 8.35. The van der Waals surface area contributed by atoms with Gasteiger partial charge >= 0.3 is 0 Å². The molecule has 2 aromatic rings. The number of nitrogens with one attached hydrogen (secondary N) is 1. The molecule has 1 N–H and O–H groups in total. The van der Waals surface area contributed by atoms with Crippen LogP contribution in [-0.4, -0.2) is 0 Å². The van der Waals surface area contributed by atoms with Gasteiger partial charge in [0.25, 0.3) is 0 Å². The van der Waals surface area contributed by atoms with E-state index in [0.717, 1.165) is 10.6 Å². The Labute approximate surface area is 97.0 Å². The van der Waals surface area contributed by atoms with Crippen molar-refractivity contribution < 1.29 is 4.39 Å². The first-order chi connectivity index (χ1) is 7.79. The molecule has 4 heteroatoms. The standard InChI is InChI=1S/C12H9FN2S/c13-9-3-5-10(6-4-9)15-11(8-14)12-2-1-7-16-12/h1-7,11,15H/t11-/m0/s1. The van der Waals surface area contributed by atoms with Gasteiger partial charge in [-0.25, -0.2) is 4.39 Å². The van der Waals surface area contributed by atoms with E-state index in [4.69, 9.17) is 5.26 Å². The molecule has 0 fully saturated rings. The molecule has 2 nitrogen and oxygen atoms in total. The number of hydrogen-bond acceptors (Lipinski definition) is 3. The SMILES string of the molecule is N#C[C@H](Nc1ccc(F)cc1)c1cccs1. The van der Waals surface area contributed by atoms with Gasteiger partial charge < -0.3 is 5.32 Å². The fourth-order valence-electron chi connectivity index (χ4n) is 1.34. The lowest BCUT2D eigenvalue weighted by atomic mass is 10.2. The summed E-state index contributed by atoms with van der Waals surface area (Å²) >= 11 is 1.52. The molecule has 0 spiro atoms. The van der Waals surface area contributed by atoms with Crippen LogP contribution in [0, 0.1) is 17.1 Å². The predicted molar refractivity (Wildman–Crippen MR) is 62.7 cm³/mol. The van der Waals surface area contributed by atoms with Crippen LogP contribution < -0.4 is 5.32 Å². The summed E-state index contributed by atoms with van der Waals surface area (Å²) in [7, 11) is 0. The highest BCUT2D eigenvalue weighted by atomic mass is 32.1. The minimum Gasteiger partial charge on any atom is -0.366 e. The number of anilines is 1. The average molecular weight is 232 g/mol. The molecular formula is C12H9FN2S. The van der Waals surface area contributed by atoms with E-state index < -0.39 is 0 Å². The van der Waals surface area contributed by atoms with E-state index >= 15 is 0 Å². The van der Waals surface area contributed by atoms with Crippen molar-refractivity contribution in [3.63, 3.8) is 0 Å². The van der Waals surface area contributed by atoms with Gasteiger partial charge in [-0.05, 0) is 35.7 Å². The number of hydrogen-bond donors (Lipinski definition) is 1. The Kier molecular flexibility index (Phi) is 3.18. The van der Waals surface area contributed by atoms with E-state index in [1.165, 1.54) is 23.5 Å². The van der Waals surface area contributed by atoms with Gasteiger partial charge in [0.15, 0.2) is 0 Å². The Morgan fingerprint density at radius 1 is 1.25 bits per heavy atom. The molecule has 1 aromatic heterocycles. The number of halogens is 1. The summed E-state index contributed by atoms with van der Waals surface area (Å²) in [5.41, 5.74) is 0.737. The highest BCUT2D eigenvalue weighted by molar-refractivity contribution is 7.10. The molecule has 0 aliphatic heterocycles. The van der Waals surface area contributed by atoms with Gasteiger partial charge in [-0.15, -0.1) is 11.3 Å². The van der Waals surface area contributed by atoms with Crippen molar-refractivity contribution in [1.82, 2.24) is 0 Å². The summed E-state index contributed by atoms with van der Waals surface area (Å²) in [6.45, 7) is 0. The molecule has 0 aliphatic rings. The van der Waals surface area contributed by atoms with Crippen LogP contribution in [0.1, 0.15) is 10.9 Å². The Morgan fingerprint density at radius 2 is 2.00 bits per heavy atom. The number of nitrogens with zero attached hydrogens (tertiary/aromatic N) is 1. The predicted octanol–water partition coefficient (Wildman–Crippen LogP) is 3.56. The van der Waals surface area contributed by atoms with E-state index in [1.807, 2.05) is 17.5 Å². The molecule has 1 aromatic carbocycles. The summed E-state index contributed by atoms with van der Waals surface area (Å²) in [5.74, 6) is -0.282. The van der Waals surface area contributed by atoms with E-state index in [9.17, 15) is 4.39 Å². The van der Waals surface area contributed by atoms with Crippen LogP contribution in [-0.2, 0) is 0 Å². The van der Waals surface area contributed by atoms with Gasteiger partial charge in [-0.1, -0.05) is 6.07 Å². The number of benzene rings is 1. The summed E-state index contributed by atoms with van der Waals surface area (Å²) in [5, 5.41) is 14.0. The Bertz CT molecular complexity index is 485. The van der Waals surface area contributed by atoms with Crippen LogP contribution in [0.3, 0.4) is 0 Å². The first-order valence-electron chi connectivity index (χ1n) is 4.75. The smallest absolute Gasteiger partial charge is 0.149 e. The van der Waals surface area contributed by atoms with E-state index in [0.29, 0.717) is 0 Å². The quantitative estimate of drug-likeness (QED) is 0.878. The number of nitriles is 1. The van der Waals surface area contributed by atoms with Crippen LogP contribution in [0.15, 0.2) is 41.8 Å². The normalized spacial score (nSPS) is 11.8. The molecule has 16 heavy (non-hydrogen) atoms. The third-order valence-electron chi connectivity index (χ3n) is 2.11. The fourth-order valence-corrected chi connectivity index (χ4v) is 2.05. The number of thiophene rings is 1. The molecule has 80 valence electrons. The van der Waals surface area contributed by atoms with Crippen molar-refractivity contribution in [2.24, 2.45) is 0 Å². The maximum absolute atomic E-state index is 12.7. The fraction of sp³-hybridized carbons (Fsp3) is 0.0833. The van der Waals surface area contributed by atoms with Gasteiger partial charge in [0, 0.05) is 10.6 Å². The molecule has 0 aliphatic carbocycles. The van der Waals surface area contributed by atoms with Gasteiger partial charge in [0.05, 0.1) is 6.07 Å². The van der Waals surface area contributed by atoms with Gasteiger partial charge in [-0.2, -0.15) is 5.26 Å². The molecule has 0 saturated carbocycles. The lowest BCUT2D eigenvalue weighted by molar-refractivity contribution is 0.628. The minimum atomic E-state index is -0.384. The first kappa shape index (κ1) is 10.7. The number of rotatable bonds is 3. The van der Waals surface area contributed by atoms with Crippen molar-refractivity contribution in [3.05, 3.63) is 52.5 Å². The Hall–Kier alpha value is -1.86. The molecule has 0 amide bonds. The summed E-state index contributed by atoms with van der Waals surface area (Å²) < 4.78 is 12.7. The Morgan fingerprint density at radius 3 is 2.56 bits per heavy atom. The topological polar surface area (TPSA) is 35.8 Å². The van der Waals surface area contributed by atoms with Crippen LogP contribution >= 0.6 is 11.3 Å². The van der Waals surface area contributed by atoms with Crippen LogP contribution in [0.25, 0.3) is 0 Å². The van der Waals surface area contributed by atoms with Crippen molar-refractivity contribution in [3.8, 4) is 6.07 Å². The van der Waals surface area contributed by atoms with Crippen LogP contribution in [0.4, 0.5) is 10.1 Å². The van der Waals surface area contributed by atoms with Gasteiger partial charge in [-0.3, -0.25) is 0 Å². The average Bonchev–Trinajstić information content (AvgIpc) is 2.82. The molecule has 0 unspecified atom stereocenters. The van der Waals surface area contributed by atoms with E-state index in [-0.39, 0.29) is 11.9 Å². The highest BCUT2D eigenvalue weighted by Crippen LogP contribution is 2.22. The van der Waals surface area contributed by atoms with E-state index in [1.54, 1.807) is 12.1 Å². The second-order valence-corrected chi connectivity index (χ2v) is 4.21. The second kappa shape index (κ2) is 4.77.